The second-order valence-electron chi connectivity index (χ2n) is 21.3. The molecule has 2 aromatic carbocycles. The van der Waals surface area contributed by atoms with Crippen molar-refractivity contribution in [2.24, 2.45) is 16.2 Å². The first-order valence-electron chi connectivity index (χ1n) is 24.1. The van der Waals surface area contributed by atoms with Crippen LogP contribution < -0.4 is 25.6 Å². The van der Waals surface area contributed by atoms with Gasteiger partial charge >= 0.3 is 0 Å². The van der Waals surface area contributed by atoms with E-state index in [4.69, 9.17) is 21.1 Å². The molecule has 3 heterocycles. The Kier molecular flexibility index (Phi) is 15.7. The Morgan fingerprint density at radius 2 is 1.66 bits per heavy atom. The molecule has 2 aliphatic heterocycles. The fourth-order valence-electron chi connectivity index (χ4n) is 10.9. The number of nitrogens with one attached hydrogen (secondary N) is 3. The zero-order valence-electron chi connectivity index (χ0n) is 40.6. The Bertz CT molecular complexity index is 2300. The molecule has 4 N–H and O–H groups in total. The number of nitrogens with zero attached hydrogens (tertiary/aromatic N) is 5. The number of likely N-dealkylation sites (tertiary alicyclic amines) is 1. The lowest BCUT2D eigenvalue weighted by Gasteiger charge is -2.63. The maximum Gasteiger partial charge on any atom is 0.253 e. The van der Waals surface area contributed by atoms with E-state index in [9.17, 15) is 29.5 Å². The van der Waals surface area contributed by atoms with E-state index in [0.29, 0.717) is 47.5 Å². The smallest absolute Gasteiger partial charge is 0.253 e. The number of nitriles is 1. The molecule has 4 aliphatic rings. The first kappa shape index (κ1) is 50.6. The van der Waals surface area contributed by atoms with Crippen molar-refractivity contribution in [3.8, 4) is 11.8 Å². The van der Waals surface area contributed by atoms with Gasteiger partial charge in [-0.25, -0.2) is 4.98 Å². The number of benzene rings is 2. The maximum absolute atomic E-state index is 14.0. The third kappa shape index (κ3) is 11.6. The van der Waals surface area contributed by atoms with E-state index >= 15 is 0 Å². The molecule has 4 fully saturated rings. The number of aliphatic hydroxyl groups excluding tert-OH is 1. The molecule has 16 heteroatoms. The lowest BCUT2D eigenvalue weighted by atomic mass is 9.49. The zero-order chi connectivity index (χ0) is 49.0. The lowest BCUT2D eigenvalue weighted by Crippen LogP contribution is -2.74. The van der Waals surface area contributed by atoms with Crippen LogP contribution in [0.3, 0.4) is 0 Å². The second kappa shape index (κ2) is 21.2. The summed E-state index contributed by atoms with van der Waals surface area (Å²) in [5.74, 6) is 0.579. The number of β-amino-alcohol motifs (C(OH)–C–C–N with tert-alkyl or cyclic N) is 1. The normalized spacial score (nSPS) is 23.0. The molecule has 0 radical (unpaired) electrons. The van der Waals surface area contributed by atoms with Gasteiger partial charge in [-0.1, -0.05) is 97.2 Å². The van der Waals surface area contributed by atoms with Crippen LogP contribution in [0.15, 0.2) is 60.8 Å². The van der Waals surface area contributed by atoms with E-state index in [0.717, 1.165) is 37.6 Å². The second-order valence-corrected chi connectivity index (χ2v) is 21.7. The van der Waals surface area contributed by atoms with Gasteiger partial charge in [0.1, 0.15) is 42.4 Å². The summed E-state index contributed by atoms with van der Waals surface area (Å²) in [6.07, 6.45) is 5.64. The number of piperazine rings is 1. The van der Waals surface area contributed by atoms with Crippen molar-refractivity contribution in [1.82, 2.24) is 30.7 Å². The van der Waals surface area contributed by atoms with Crippen molar-refractivity contribution in [2.45, 2.75) is 123 Å². The molecule has 1 aromatic heterocycles. The number of pyridine rings is 1. The summed E-state index contributed by atoms with van der Waals surface area (Å²) in [6.45, 7) is 17.8. The number of aromatic nitrogens is 1. The van der Waals surface area contributed by atoms with Gasteiger partial charge in [-0.15, -0.1) is 0 Å². The maximum atomic E-state index is 14.0. The van der Waals surface area contributed by atoms with Crippen molar-refractivity contribution in [3.63, 3.8) is 0 Å². The van der Waals surface area contributed by atoms with E-state index in [-0.39, 0.29) is 43.5 Å². The summed E-state index contributed by atoms with van der Waals surface area (Å²) in [6, 6.07) is 17.2. The number of aliphatic hydroxyl groups is 1. The van der Waals surface area contributed by atoms with Gasteiger partial charge in [0.05, 0.1) is 28.9 Å². The minimum absolute atomic E-state index is 0.00762. The third-order valence-electron chi connectivity index (χ3n) is 14.5. The van der Waals surface area contributed by atoms with Crippen molar-refractivity contribution in [3.05, 3.63) is 88.1 Å². The first-order chi connectivity index (χ1) is 32.3. The van der Waals surface area contributed by atoms with E-state index in [1.807, 2.05) is 39.0 Å². The highest BCUT2D eigenvalue weighted by molar-refractivity contribution is 6.31. The predicted molar refractivity (Wildman–Crippen MR) is 260 cm³/mol. The van der Waals surface area contributed by atoms with E-state index in [1.54, 1.807) is 30.5 Å². The highest BCUT2D eigenvalue weighted by atomic mass is 35.5. The molecule has 0 spiro atoms. The zero-order valence-corrected chi connectivity index (χ0v) is 41.4. The number of amides is 4. The van der Waals surface area contributed by atoms with Gasteiger partial charge in [-0.2, -0.15) is 5.26 Å². The number of rotatable bonds is 16. The Labute approximate surface area is 406 Å². The highest BCUT2D eigenvalue weighted by Gasteiger charge is 2.64. The van der Waals surface area contributed by atoms with Crippen LogP contribution in [0.4, 0.5) is 5.82 Å². The molecule has 2 saturated carbocycles. The molecule has 7 rings (SSSR count). The first-order valence-corrected chi connectivity index (χ1v) is 24.5. The van der Waals surface area contributed by atoms with Crippen molar-refractivity contribution >= 4 is 41.0 Å². The SMILES string of the molecule is CC(C)(C)[C@H](NC(=O)COCCN1CCN(c2ccc(C(=O)N[C@H]3C(C)(C)[C@H](Oc4ccc(C#N)c(Cl)c4)C3(C)C)cn2)CC1)C(=O)N1C[C@H](O)C[C@H]1C(=O)NCc1ccc(C2CCCC2)cc1. The molecule has 2 saturated heterocycles. The highest BCUT2D eigenvalue weighted by Crippen LogP contribution is 2.55. The topological polar surface area (TPSA) is 189 Å². The van der Waals surface area contributed by atoms with Crippen LogP contribution >= 0.6 is 11.6 Å². The van der Waals surface area contributed by atoms with Crippen LogP contribution in [0, 0.1) is 27.6 Å². The molecule has 0 bridgehead atoms. The number of hydrogen-bond donors (Lipinski definition) is 4. The summed E-state index contributed by atoms with van der Waals surface area (Å²) >= 11 is 6.25. The number of halogens is 1. The number of ether oxygens (including phenoxy) is 2. The Balaban J connectivity index is 0.819. The van der Waals surface area contributed by atoms with E-state index < -0.39 is 46.2 Å². The average molecular weight is 954 g/mol. The number of anilines is 1. The number of carbonyl (C=O) groups is 4. The van der Waals surface area contributed by atoms with Gasteiger partial charge in [0.15, 0.2) is 0 Å². The molecule has 2 aliphatic carbocycles. The summed E-state index contributed by atoms with van der Waals surface area (Å²) in [5, 5.41) is 29.2. The van der Waals surface area contributed by atoms with Crippen molar-refractivity contribution in [2.75, 3.05) is 57.4 Å². The summed E-state index contributed by atoms with van der Waals surface area (Å²) in [5.41, 5.74) is 1.68. The Morgan fingerprint density at radius 1 is 0.971 bits per heavy atom. The summed E-state index contributed by atoms with van der Waals surface area (Å²) in [7, 11) is 0. The molecule has 3 atom stereocenters. The monoisotopic (exact) mass is 952 g/mol. The molecule has 68 heavy (non-hydrogen) atoms. The largest absolute Gasteiger partial charge is 0.489 e. The molecule has 0 unspecified atom stereocenters. The summed E-state index contributed by atoms with van der Waals surface area (Å²) in [4.78, 5) is 64.7. The summed E-state index contributed by atoms with van der Waals surface area (Å²) < 4.78 is 12.2. The van der Waals surface area contributed by atoms with Crippen LogP contribution in [0.1, 0.15) is 114 Å². The molecule has 366 valence electrons. The van der Waals surface area contributed by atoms with E-state index in [2.05, 4.69) is 76.6 Å². The quantitative estimate of drug-likeness (QED) is 0.127. The van der Waals surface area contributed by atoms with Gasteiger partial charge in [0.25, 0.3) is 5.91 Å². The third-order valence-corrected chi connectivity index (χ3v) is 14.8. The fourth-order valence-corrected chi connectivity index (χ4v) is 11.1. The number of carbonyl (C=O) groups excluding carboxylic acids is 4. The fraction of sp³-hybridized carbons (Fsp3) is 0.577. The van der Waals surface area contributed by atoms with Gasteiger partial charge in [0, 0.05) is 81.4 Å². The van der Waals surface area contributed by atoms with Crippen LogP contribution in [0.25, 0.3) is 0 Å². The van der Waals surface area contributed by atoms with Gasteiger partial charge in [-0.3, -0.25) is 24.1 Å². The predicted octanol–water partition coefficient (Wildman–Crippen LogP) is 5.82. The molecule has 15 nitrogen and oxygen atoms in total. The standard InChI is InChI=1S/C52H69ClN8O7/c1-50(2,3)44(47(66)61-31-38(62)26-41(61)46(65)56-29-33-12-14-35(15-13-33)34-10-8-9-11-34)57-43(63)32-67-25-24-59-20-22-60(23-21-59)42-19-17-37(30-55-42)45(64)58-48-51(4,5)49(52(48,6)7)68-39-18-16-36(28-54)40(53)27-39/h12-19,27,30,34,38,41,44,48-49,62H,8-11,20-26,29,31-32H2,1-7H3,(H,56,65)(H,57,63)(H,58,64)/t38-,41+,44-,48-,49-/m1/s1. The van der Waals surface area contributed by atoms with Crippen LogP contribution in [-0.4, -0.2) is 126 Å². The molecular formula is C52H69ClN8O7. The molecule has 3 aromatic rings. The number of hydrogen-bond acceptors (Lipinski definition) is 11. The van der Waals surface area contributed by atoms with Gasteiger partial charge in [0.2, 0.25) is 17.7 Å². The lowest BCUT2D eigenvalue weighted by molar-refractivity contribution is -0.164. The minimum Gasteiger partial charge on any atom is -0.489 e. The molecule has 4 amide bonds. The van der Waals surface area contributed by atoms with Crippen LogP contribution in [0.5, 0.6) is 5.75 Å². The van der Waals surface area contributed by atoms with Crippen molar-refractivity contribution < 1.29 is 33.8 Å². The Morgan fingerprint density at radius 3 is 2.28 bits per heavy atom. The minimum atomic E-state index is -0.940. The van der Waals surface area contributed by atoms with Crippen LogP contribution in [-0.2, 0) is 25.7 Å². The average Bonchev–Trinajstić information content (AvgIpc) is 4.00. The Hall–Kier alpha value is -5.27. The van der Waals surface area contributed by atoms with Crippen molar-refractivity contribution in [1.29, 1.82) is 5.26 Å². The molecular weight excluding hydrogens is 884 g/mol. The van der Waals surface area contributed by atoms with Gasteiger partial charge in [-0.05, 0) is 59.6 Å². The van der Waals surface area contributed by atoms with Gasteiger partial charge < -0.3 is 40.3 Å². The van der Waals surface area contributed by atoms with E-state index in [1.165, 1.54) is 36.1 Å². The van der Waals surface area contributed by atoms with Crippen LogP contribution in [0.2, 0.25) is 5.02 Å².